The molecular weight excluding hydrogens is 360 g/mol. The summed E-state index contributed by atoms with van der Waals surface area (Å²) in [5.74, 6) is 2.59. The van der Waals surface area contributed by atoms with E-state index in [-0.39, 0.29) is 0 Å². The van der Waals surface area contributed by atoms with Crippen LogP contribution in [0.25, 0.3) is 0 Å². The van der Waals surface area contributed by atoms with Crippen molar-refractivity contribution < 1.29 is 0 Å². The molecule has 0 spiro atoms. The van der Waals surface area contributed by atoms with Crippen LogP contribution in [0.1, 0.15) is 119 Å². The van der Waals surface area contributed by atoms with Crippen molar-refractivity contribution in [2.24, 2.45) is 34.0 Å². The van der Waals surface area contributed by atoms with Crippen LogP contribution in [0.3, 0.4) is 0 Å². The van der Waals surface area contributed by atoms with Gasteiger partial charge in [-0.1, -0.05) is 69.6 Å². The SMILES string of the molecule is C=C(CC/C=C(\C)CCC=C(C)C)[C@@H]1CC[C@H]2[C@@]1(C)CC[C@H]1C(C)(C)CCC[C@]21C. The highest BCUT2D eigenvalue weighted by molar-refractivity contribution is 5.18. The molecule has 170 valence electrons. The first kappa shape index (κ1) is 23.9. The summed E-state index contributed by atoms with van der Waals surface area (Å²) >= 11 is 0. The molecular formula is C30H50. The lowest BCUT2D eigenvalue weighted by molar-refractivity contribution is -0.123. The Bertz CT molecular complexity index is 685. The molecule has 3 rings (SSSR count). The van der Waals surface area contributed by atoms with E-state index in [1.807, 2.05) is 0 Å². The summed E-state index contributed by atoms with van der Waals surface area (Å²) in [6.45, 7) is 21.8. The predicted octanol–water partition coefficient (Wildman–Crippen LogP) is 9.67. The molecule has 0 radical (unpaired) electrons. The molecule has 0 aromatic carbocycles. The highest BCUT2D eigenvalue weighted by Gasteiger charge is 2.62. The van der Waals surface area contributed by atoms with Gasteiger partial charge in [0.25, 0.3) is 0 Å². The van der Waals surface area contributed by atoms with Gasteiger partial charge in [-0.3, -0.25) is 0 Å². The minimum Gasteiger partial charge on any atom is -0.0995 e. The fourth-order valence-corrected chi connectivity index (χ4v) is 8.47. The maximum absolute atomic E-state index is 4.67. The normalized spacial score (nSPS) is 38.0. The van der Waals surface area contributed by atoms with E-state index in [4.69, 9.17) is 0 Å². The molecule has 0 unspecified atom stereocenters. The molecule has 3 fully saturated rings. The topological polar surface area (TPSA) is 0 Å². The van der Waals surface area contributed by atoms with Crippen molar-refractivity contribution in [2.45, 2.75) is 119 Å². The Balaban J connectivity index is 1.62. The van der Waals surface area contributed by atoms with Gasteiger partial charge in [0.05, 0.1) is 0 Å². The van der Waals surface area contributed by atoms with Gasteiger partial charge < -0.3 is 0 Å². The first-order chi connectivity index (χ1) is 14.0. The molecule has 0 saturated heterocycles. The van der Waals surface area contributed by atoms with E-state index < -0.39 is 0 Å². The molecule has 30 heavy (non-hydrogen) atoms. The van der Waals surface area contributed by atoms with Crippen LogP contribution < -0.4 is 0 Å². The average Bonchev–Trinajstić information content (AvgIpc) is 2.99. The van der Waals surface area contributed by atoms with E-state index in [0.717, 1.165) is 17.8 Å². The summed E-state index contributed by atoms with van der Waals surface area (Å²) in [7, 11) is 0. The summed E-state index contributed by atoms with van der Waals surface area (Å²) in [4.78, 5) is 0. The molecule has 0 heterocycles. The zero-order chi connectivity index (χ0) is 22.2. The lowest BCUT2D eigenvalue weighted by Gasteiger charge is -2.62. The summed E-state index contributed by atoms with van der Waals surface area (Å²) in [5, 5.41) is 0. The van der Waals surface area contributed by atoms with E-state index in [2.05, 4.69) is 67.2 Å². The Morgan fingerprint density at radius 2 is 1.50 bits per heavy atom. The smallest absolute Gasteiger partial charge is 0.0149 e. The lowest BCUT2D eigenvalue weighted by atomic mass is 9.43. The predicted molar refractivity (Wildman–Crippen MR) is 134 cm³/mol. The second-order valence-corrected chi connectivity index (χ2v) is 12.7. The quantitative estimate of drug-likeness (QED) is 0.366. The molecule has 0 heteroatoms. The van der Waals surface area contributed by atoms with Gasteiger partial charge in [-0.25, -0.2) is 0 Å². The van der Waals surface area contributed by atoms with Crippen LogP contribution in [-0.2, 0) is 0 Å². The summed E-state index contributed by atoms with van der Waals surface area (Å²) in [6.07, 6.45) is 19.7. The Labute approximate surface area is 188 Å². The van der Waals surface area contributed by atoms with Crippen molar-refractivity contribution in [1.29, 1.82) is 0 Å². The van der Waals surface area contributed by atoms with Gasteiger partial charge in [0, 0.05) is 0 Å². The molecule has 0 aromatic rings. The van der Waals surface area contributed by atoms with E-state index >= 15 is 0 Å². The molecule has 5 atom stereocenters. The van der Waals surface area contributed by atoms with Crippen molar-refractivity contribution in [1.82, 2.24) is 0 Å². The minimum absolute atomic E-state index is 0.498. The van der Waals surface area contributed by atoms with Crippen molar-refractivity contribution in [3.05, 3.63) is 35.5 Å². The van der Waals surface area contributed by atoms with Gasteiger partial charge in [-0.2, -0.15) is 0 Å². The van der Waals surface area contributed by atoms with Gasteiger partial charge >= 0.3 is 0 Å². The van der Waals surface area contributed by atoms with Crippen LogP contribution >= 0.6 is 0 Å². The third kappa shape index (κ3) is 4.54. The van der Waals surface area contributed by atoms with Crippen molar-refractivity contribution in [3.8, 4) is 0 Å². The maximum Gasteiger partial charge on any atom is -0.0149 e. The van der Waals surface area contributed by atoms with Gasteiger partial charge in [0.1, 0.15) is 0 Å². The van der Waals surface area contributed by atoms with E-state index in [9.17, 15) is 0 Å². The van der Waals surface area contributed by atoms with Crippen LogP contribution in [0, 0.1) is 34.0 Å². The molecule has 0 nitrogen and oxygen atoms in total. The standard InChI is InChI=1S/C30H50/c1-22(2)12-9-13-23(3)14-10-15-24(4)25-16-17-27-29(25,7)21-18-26-28(5,6)19-11-20-30(26,27)8/h12,14,25-27H,4,9-11,13,15-21H2,1-3,5-8H3/b23-14+/t25-,26-,27-,29-,30-/m0/s1. The van der Waals surface area contributed by atoms with E-state index in [1.165, 1.54) is 76.2 Å². The molecule has 3 saturated carbocycles. The van der Waals surface area contributed by atoms with Crippen LogP contribution in [0.15, 0.2) is 35.5 Å². The fraction of sp³-hybridized carbons (Fsp3) is 0.800. The molecule has 3 aliphatic carbocycles. The maximum atomic E-state index is 4.67. The zero-order valence-corrected chi connectivity index (χ0v) is 21.4. The van der Waals surface area contributed by atoms with Crippen molar-refractivity contribution in [2.75, 3.05) is 0 Å². The Kier molecular flexibility index (Phi) is 7.16. The third-order valence-electron chi connectivity index (χ3n) is 9.92. The molecule has 0 aromatic heterocycles. The van der Waals surface area contributed by atoms with Crippen LogP contribution in [0.4, 0.5) is 0 Å². The van der Waals surface area contributed by atoms with Gasteiger partial charge in [-0.15, -0.1) is 0 Å². The number of hydrogen-bond donors (Lipinski definition) is 0. The highest BCUT2D eigenvalue weighted by atomic mass is 14.7. The Morgan fingerprint density at radius 3 is 2.20 bits per heavy atom. The number of fused-ring (bicyclic) bond motifs is 3. The fourth-order valence-electron chi connectivity index (χ4n) is 8.47. The Hall–Kier alpha value is -0.780. The third-order valence-corrected chi connectivity index (χ3v) is 9.92. The van der Waals surface area contributed by atoms with Crippen molar-refractivity contribution in [3.63, 3.8) is 0 Å². The van der Waals surface area contributed by atoms with E-state index in [0.29, 0.717) is 16.2 Å². The largest absolute Gasteiger partial charge is 0.0995 e. The van der Waals surface area contributed by atoms with Crippen LogP contribution in [-0.4, -0.2) is 0 Å². The number of rotatable bonds is 7. The first-order valence-corrected chi connectivity index (χ1v) is 13.0. The summed E-state index contributed by atoms with van der Waals surface area (Å²) in [5.41, 5.74) is 6.14. The van der Waals surface area contributed by atoms with Crippen LogP contribution in [0.2, 0.25) is 0 Å². The molecule has 0 N–H and O–H groups in total. The second-order valence-electron chi connectivity index (χ2n) is 12.7. The molecule has 0 amide bonds. The second kappa shape index (κ2) is 8.99. The number of hydrogen-bond acceptors (Lipinski definition) is 0. The minimum atomic E-state index is 0.498. The molecule has 3 aliphatic rings. The van der Waals surface area contributed by atoms with Crippen molar-refractivity contribution >= 4 is 0 Å². The highest BCUT2D eigenvalue weighted by Crippen LogP contribution is 2.70. The monoisotopic (exact) mass is 410 g/mol. The van der Waals surface area contributed by atoms with Gasteiger partial charge in [-0.05, 0) is 119 Å². The zero-order valence-electron chi connectivity index (χ0n) is 21.4. The Morgan fingerprint density at radius 1 is 0.800 bits per heavy atom. The first-order valence-electron chi connectivity index (χ1n) is 13.0. The number of allylic oxidation sites excluding steroid dienone is 5. The van der Waals surface area contributed by atoms with Crippen LogP contribution in [0.5, 0.6) is 0 Å². The average molecular weight is 411 g/mol. The summed E-state index contributed by atoms with van der Waals surface area (Å²) in [6, 6.07) is 0. The van der Waals surface area contributed by atoms with Gasteiger partial charge in [0.15, 0.2) is 0 Å². The summed E-state index contributed by atoms with van der Waals surface area (Å²) < 4.78 is 0. The molecule has 0 bridgehead atoms. The van der Waals surface area contributed by atoms with Gasteiger partial charge in [0.2, 0.25) is 0 Å². The molecule has 0 aliphatic heterocycles. The lowest BCUT2D eigenvalue weighted by Crippen LogP contribution is -2.54. The van der Waals surface area contributed by atoms with E-state index in [1.54, 1.807) is 11.1 Å².